The molecule has 29 heavy (non-hydrogen) atoms. The number of amides is 1. The molecule has 0 radical (unpaired) electrons. The minimum absolute atomic E-state index is 0.352. The lowest BCUT2D eigenvalue weighted by molar-refractivity contribution is 0.0734. The van der Waals surface area contributed by atoms with Gasteiger partial charge < -0.3 is 9.47 Å². The molecule has 1 N–H and O–H groups in total. The number of ether oxygens (including phenoxy) is 2. The van der Waals surface area contributed by atoms with Gasteiger partial charge in [0, 0.05) is 12.4 Å². The molecule has 0 aliphatic rings. The van der Waals surface area contributed by atoms with Crippen LogP contribution in [0, 0.1) is 0 Å². The van der Waals surface area contributed by atoms with Crippen LogP contribution >= 0.6 is 0 Å². The van der Waals surface area contributed by atoms with Crippen LogP contribution in [0.2, 0.25) is 0 Å². The summed E-state index contributed by atoms with van der Waals surface area (Å²) in [5.41, 5.74) is 4.00. The van der Waals surface area contributed by atoms with Gasteiger partial charge in [-0.05, 0) is 73.2 Å². The summed E-state index contributed by atoms with van der Waals surface area (Å²) in [5.74, 6) is 0.289. The number of pyridine rings is 1. The van der Waals surface area contributed by atoms with Gasteiger partial charge >= 0.3 is 5.97 Å². The third-order valence-electron chi connectivity index (χ3n) is 3.80. The zero-order chi connectivity index (χ0) is 20.5. The maximum absolute atomic E-state index is 12.2. The van der Waals surface area contributed by atoms with Crippen molar-refractivity contribution in [1.29, 1.82) is 0 Å². The van der Waals surface area contributed by atoms with Gasteiger partial charge in [-0.1, -0.05) is 0 Å². The van der Waals surface area contributed by atoms with E-state index in [2.05, 4.69) is 15.5 Å². The number of esters is 1. The number of hydrazone groups is 1. The van der Waals surface area contributed by atoms with E-state index in [0.29, 0.717) is 29.2 Å². The van der Waals surface area contributed by atoms with Crippen molar-refractivity contribution in [3.8, 4) is 11.5 Å². The van der Waals surface area contributed by atoms with Crippen molar-refractivity contribution < 1.29 is 19.1 Å². The Morgan fingerprint density at radius 1 is 1.00 bits per heavy atom. The molecule has 1 aromatic heterocycles. The Bertz CT molecular complexity index is 985. The van der Waals surface area contributed by atoms with Crippen LogP contribution in [-0.4, -0.2) is 29.7 Å². The van der Waals surface area contributed by atoms with E-state index in [1.54, 1.807) is 66.9 Å². The molecule has 3 rings (SSSR count). The van der Waals surface area contributed by atoms with E-state index in [9.17, 15) is 9.59 Å². The molecule has 0 saturated heterocycles. The van der Waals surface area contributed by atoms with E-state index < -0.39 is 5.97 Å². The van der Waals surface area contributed by atoms with E-state index in [1.165, 1.54) is 12.4 Å². The first-order valence-electron chi connectivity index (χ1n) is 8.94. The monoisotopic (exact) mass is 389 g/mol. The zero-order valence-electron chi connectivity index (χ0n) is 15.7. The summed E-state index contributed by atoms with van der Waals surface area (Å²) >= 11 is 0. The highest BCUT2D eigenvalue weighted by molar-refractivity contribution is 5.94. The molecule has 0 bridgehead atoms. The van der Waals surface area contributed by atoms with Crippen LogP contribution in [0.5, 0.6) is 11.5 Å². The fraction of sp³-hybridized carbons (Fsp3) is 0.0909. The van der Waals surface area contributed by atoms with Gasteiger partial charge in [0.1, 0.15) is 11.5 Å². The highest BCUT2D eigenvalue weighted by Gasteiger charge is 2.09. The number of carbonyl (C=O) groups is 2. The molecule has 0 fully saturated rings. The van der Waals surface area contributed by atoms with Crippen LogP contribution in [0.15, 0.2) is 78.2 Å². The Hall–Kier alpha value is -4.00. The molecule has 0 aliphatic carbocycles. The van der Waals surface area contributed by atoms with Crippen molar-refractivity contribution in [2.75, 3.05) is 6.61 Å². The van der Waals surface area contributed by atoms with Gasteiger partial charge in [0.2, 0.25) is 0 Å². The SMILES string of the molecule is CCOc1ccc(C(=O)Oc2ccc(/C=N/NC(=O)c3cccnc3)cc2)cc1. The predicted molar refractivity (Wildman–Crippen MR) is 108 cm³/mol. The first-order valence-corrected chi connectivity index (χ1v) is 8.94. The number of hydrogen-bond acceptors (Lipinski definition) is 6. The Balaban J connectivity index is 1.54. The minimum atomic E-state index is -0.460. The van der Waals surface area contributed by atoms with Gasteiger partial charge in [-0.3, -0.25) is 9.78 Å². The largest absolute Gasteiger partial charge is 0.494 e. The van der Waals surface area contributed by atoms with Crippen LogP contribution in [0.4, 0.5) is 0 Å². The summed E-state index contributed by atoms with van der Waals surface area (Å²) in [7, 11) is 0. The van der Waals surface area contributed by atoms with E-state index in [-0.39, 0.29) is 5.91 Å². The van der Waals surface area contributed by atoms with E-state index in [0.717, 1.165) is 5.56 Å². The van der Waals surface area contributed by atoms with Crippen molar-refractivity contribution in [1.82, 2.24) is 10.4 Å². The van der Waals surface area contributed by atoms with E-state index in [4.69, 9.17) is 9.47 Å². The second-order valence-corrected chi connectivity index (χ2v) is 5.86. The second kappa shape index (κ2) is 9.80. The summed E-state index contributed by atoms with van der Waals surface area (Å²) in [4.78, 5) is 28.0. The van der Waals surface area contributed by atoms with Crippen LogP contribution in [-0.2, 0) is 0 Å². The van der Waals surface area contributed by atoms with Crippen LogP contribution in [0.1, 0.15) is 33.2 Å². The number of nitrogens with zero attached hydrogens (tertiary/aromatic N) is 2. The third kappa shape index (κ3) is 5.74. The summed E-state index contributed by atoms with van der Waals surface area (Å²) < 4.78 is 10.7. The summed E-state index contributed by atoms with van der Waals surface area (Å²) in [6, 6.07) is 16.8. The van der Waals surface area contributed by atoms with Crippen molar-refractivity contribution in [2.45, 2.75) is 6.92 Å². The van der Waals surface area contributed by atoms with E-state index >= 15 is 0 Å². The smallest absolute Gasteiger partial charge is 0.343 e. The van der Waals surface area contributed by atoms with Gasteiger partial charge in [-0.15, -0.1) is 0 Å². The molecule has 1 heterocycles. The fourth-order valence-corrected chi connectivity index (χ4v) is 2.37. The molecular weight excluding hydrogens is 370 g/mol. The Morgan fingerprint density at radius 2 is 1.72 bits per heavy atom. The number of rotatable bonds is 7. The molecule has 1 amide bonds. The van der Waals surface area contributed by atoms with Gasteiger partial charge in [0.05, 0.1) is 23.9 Å². The van der Waals surface area contributed by atoms with Crippen molar-refractivity contribution in [3.63, 3.8) is 0 Å². The average molecular weight is 389 g/mol. The first kappa shape index (κ1) is 19.8. The summed E-state index contributed by atoms with van der Waals surface area (Å²) in [6.07, 6.45) is 4.54. The lowest BCUT2D eigenvalue weighted by Crippen LogP contribution is -2.17. The van der Waals surface area contributed by atoms with Gasteiger partial charge in [-0.25, -0.2) is 10.2 Å². The summed E-state index contributed by atoms with van der Waals surface area (Å²) in [5, 5.41) is 3.91. The normalized spacial score (nSPS) is 10.5. The van der Waals surface area contributed by atoms with Crippen LogP contribution < -0.4 is 14.9 Å². The predicted octanol–water partition coefficient (Wildman–Crippen LogP) is 3.46. The number of carbonyl (C=O) groups excluding carboxylic acids is 2. The average Bonchev–Trinajstić information content (AvgIpc) is 2.76. The van der Waals surface area contributed by atoms with Crippen LogP contribution in [0.25, 0.3) is 0 Å². The second-order valence-electron chi connectivity index (χ2n) is 5.86. The zero-order valence-corrected chi connectivity index (χ0v) is 15.7. The first-order chi connectivity index (χ1) is 14.2. The van der Waals surface area contributed by atoms with Gasteiger partial charge in [0.25, 0.3) is 5.91 Å². The fourth-order valence-electron chi connectivity index (χ4n) is 2.37. The third-order valence-corrected chi connectivity index (χ3v) is 3.80. The van der Waals surface area contributed by atoms with Crippen molar-refractivity contribution in [3.05, 3.63) is 89.7 Å². The van der Waals surface area contributed by atoms with Crippen molar-refractivity contribution >= 4 is 18.1 Å². The number of aromatic nitrogens is 1. The van der Waals surface area contributed by atoms with Crippen LogP contribution in [0.3, 0.4) is 0 Å². The number of nitrogens with one attached hydrogen (secondary N) is 1. The molecule has 2 aromatic carbocycles. The Labute approximate surface area is 168 Å². The molecule has 0 atom stereocenters. The van der Waals surface area contributed by atoms with Crippen molar-refractivity contribution in [2.24, 2.45) is 5.10 Å². The topological polar surface area (TPSA) is 89.9 Å². The lowest BCUT2D eigenvalue weighted by atomic mass is 10.2. The Morgan fingerprint density at radius 3 is 2.38 bits per heavy atom. The maximum atomic E-state index is 12.2. The molecule has 146 valence electrons. The maximum Gasteiger partial charge on any atom is 0.343 e. The Kier molecular flexibility index (Phi) is 6.67. The minimum Gasteiger partial charge on any atom is -0.494 e. The number of hydrogen-bond donors (Lipinski definition) is 1. The molecule has 7 nitrogen and oxygen atoms in total. The summed E-state index contributed by atoms with van der Waals surface area (Å²) in [6.45, 7) is 2.46. The number of benzene rings is 2. The highest BCUT2D eigenvalue weighted by atomic mass is 16.5. The van der Waals surface area contributed by atoms with Gasteiger partial charge in [-0.2, -0.15) is 5.10 Å². The standard InChI is InChI=1S/C22H19N3O4/c1-2-28-19-11-7-17(8-12-19)22(27)29-20-9-5-16(6-10-20)14-24-25-21(26)18-4-3-13-23-15-18/h3-15H,2H2,1H3,(H,25,26)/b24-14+. The molecular formula is C22H19N3O4. The van der Waals surface area contributed by atoms with Gasteiger partial charge in [0.15, 0.2) is 0 Å². The molecule has 3 aromatic rings. The quantitative estimate of drug-likeness (QED) is 0.289. The molecule has 7 heteroatoms. The molecule has 0 spiro atoms. The highest BCUT2D eigenvalue weighted by Crippen LogP contribution is 2.16. The molecule has 0 unspecified atom stereocenters. The molecule has 0 saturated carbocycles. The lowest BCUT2D eigenvalue weighted by Gasteiger charge is -2.06. The van der Waals surface area contributed by atoms with E-state index in [1.807, 2.05) is 6.92 Å². The molecule has 0 aliphatic heterocycles.